The summed E-state index contributed by atoms with van der Waals surface area (Å²) in [6.07, 6.45) is -2.31. The molecule has 0 aromatic carbocycles. The summed E-state index contributed by atoms with van der Waals surface area (Å²) in [5.41, 5.74) is 0. The van der Waals surface area contributed by atoms with Gasteiger partial charge in [-0.2, -0.15) is 18.2 Å². The average Bonchev–Trinajstić information content (AvgIpc) is 3.10. The molecule has 1 aromatic heterocycles. The topological polar surface area (TPSA) is 62.5 Å². The zero-order chi connectivity index (χ0) is 15.9. The molecule has 2 atom stereocenters. The molecule has 2 saturated heterocycles. The predicted octanol–water partition coefficient (Wildman–Crippen LogP) is 1.68. The van der Waals surface area contributed by atoms with Crippen molar-refractivity contribution in [3.05, 3.63) is 11.7 Å². The Hall–Kier alpha value is -1.64. The molecular formula is C13H17F3N4O2. The summed E-state index contributed by atoms with van der Waals surface area (Å²) in [7, 11) is 0. The molecular weight excluding hydrogens is 301 g/mol. The van der Waals surface area contributed by atoms with Gasteiger partial charge in [0.15, 0.2) is 5.82 Å². The number of aryl methyl sites for hydroxylation is 1. The van der Waals surface area contributed by atoms with Gasteiger partial charge in [-0.25, -0.2) is 0 Å². The molecule has 9 heteroatoms. The Bertz CT molecular complexity index is 560. The first kappa shape index (κ1) is 15.3. The lowest BCUT2D eigenvalue weighted by Crippen LogP contribution is -2.43. The van der Waals surface area contributed by atoms with Crippen LogP contribution in [0.5, 0.6) is 0 Å². The van der Waals surface area contributed by atoms with Crippen LogP contribution in [-0.4, -0.2) is 57.7 Å². The van der Waals surface area contributed by atoms with Crippen molar-refractivity contribution in [1.82, 2.24) is 19.9 Å². The molecule has 0 unspecified atom stereocenters. The van der Waals surface area contributed by atoms with Gasteiger partial charge >= 0.3 is 6.18 Å². The molecule has 1 amide bonds. The van der Waals surface area contributed by atoms with Crippen molar-refractivity contribution in [2.75, 3.05) is 19.6 Å². The van der Waals surface area contributed by atoms with E-state index in [-0.39, 0.29) is 12.6 Å². The molecule has 122 valence electrons. The third-order valence-corrected chi connectivity index (χ3v) is 4.18. The van der Waals surface area contributed by atoms with Crippen molar-refractivity contribution < 1.29 is 22.5 Å². The fraction of sp³-hybridized carbons (Fsp3) is 0.769. The van der Waals surface area contributed by atoms with Crippen molar-refractivity contribution in [2.24, 2.45) is 0 Å². The van der Waals surface area contributed by atoms with E-state index in [9.17, 15) is 18.0 Å². The quantitative estimate of drug-likeness (QED) is 0.848. The molecule has 0 bridgehead atoms. The number of carbonyl (C=O) groups excluding carboxylic acids is 1. The molecule has 0 spiro atoms. The first-order valence-electron chi connectivity index (χ1n) is 7.26. The molecule has 3 heterocycles. The highest BCUT2D eigenvalue weighted by Gasteiger charge is 2.45. The fourth-order valence-electron chi connectivity index (χ4n) is 3.29. The van der Waals surface area contributed by atoms with E-state index in [1.54, 1.807) is 6.92 Å². The van der Waals surface area contributed by atoms with Crippen LogP contribution in [0.1, 0.15) is 37.0 Å². The van der Waals surface area contributed by atoms with E-state index in [1.807, 2.05) is 4.90 Å². The lowest BCUT2D eigenvalue weighted by atomic mass is 10.1. The van der Waals surface area contributed by atoms with Gasteiger partial charge in [-0.1, -0.05) is 5.16 Å². The number of aromatic nitrogens is 2. The maximum atomic E-state index is 12.5. The summed E-state index contributed by atoms with van der Waals surface area (Å²) >= 11 is 0. The largest absolute Gasteiger partial charge is 0.406 e. The molecule has 1 aromatic rings. The van der Waals surface area contributed by atoms with Crippen molar-refractivity contribution >= 4 is 5.91 Å². The number of halogens is 3. The monoisotopic (exact) mass is 318 g/mol. The van der Waals surface area contributed by atoms with Gasteiger partial charge in [-0.3, -0.25) is 9.69 Å². The van der Waals surface area contributed by atoms with E-state index in [1.165, 1.54) is 0 Å². The van der Waals surface area contributed by atoms with E-state index < -0.39 is 24.7 Å². The van der Waals surface area contributed by atoms with Crippen LogP contribution in [0.4, 0.5) is 13.2 Å². The maximum Gasteiger partial charge on any atom is 0.406 e. The molecule has 3 rings (SSSR count). The Kier molecular flexibility index (Phi) is 3.84. The van der Waals surface area contributed by atoms with Crippen LogP contribution >= 0.6 is 0 Å². The van der Waals surface area contributed by atoms with Crippen molar-refractivity contribution in [2.45, 2.75) is 44.4 Å². The second-order valence-electron chi connectivity index (χ2n) is 5.75. The van der Waals surface area contributed by atoms with Crippen molar-refractivity contribution in [1.29, 1.82) is 0 Å². The molecule has 0 saturated carbocycles. The molecule has 0 aliphatic carbocycles. The Labute approximate surface area is 125 Å². The van der Waals surface area contributed by atoms with E-state index in [4.69, 9.17) is 4.52 Å². The lowest BCUT2D eigenvalue weighted by molar-refractivity contribution is -0.159. The number of alkyl halides is 3. The third-order valence-electron chi connectivity index (χ3n) is 4.18. The highest BCUT2D eigenvalue weighted by molar-refractivity contribution is 5.84. The van der Waals surface area contributed by atoms with Gasteiger partial charge in [0.2, 0.25) is 11.8 Å². The second-order valence-corrected chi connectivity index (χ2v) is 5.75. The number of hydrogen-bond acceptors (Lipinski definition) is 5. The standard InChI is InChI=1S/C13H17F3N4O2/c1-8-17-11(18-22-8)9-3-2-5-20(9)10-4-6-19(12(10)21)7-13(14,15)16/h9-10H,2-7H2,1H3/t9-,10-/m0/s1. The zero-order valence-electron chi connectivity index (χ0n) is 12.1. The molecule has 2 aliphatic rings. The van der Waals surface area contributed by atoms with Crippen molar-refractivity contribution in [3.8, 4) is 0 Å². The smallest absolute Gasteiger partial charge is 0.340 e. The highest BCUT2D eigenvalue weighted by Crippen LogP contribution is 2.35. The minimum Gasteiger partial charge on any atom is -0.340 e. The number of carbonyl (C=O) groups is 1. The van der Waals surface area contributed by atoms with E-state index in [0.717, 1.165) is 17.7 Å². The highest BCUT2D eigenvalue weighted by atomic mass is 19.4. The molecule has 22 heavy (non-hydrogen) atoms. The summed E-state index contributed by atoms with van der Waals surface area (Å²) < 4.78 is 42.4. The Morgan fingerprint density at radius 1 is 1.27 bits per heavy atom. The Balaban J connectivity index is 1.72. The third kappa shape index (κ3) is 2.94. The van der Waals surface area contributed by atoms with E-state index in [2.05, 4.69) is 10.1 Å². The minimum atomic E-state index is -4.36. The SMILES string of the molecule is Cc1nc([C@@H]2CCCN2[C@H]2CCN(CC(F)(F)F)C2=O)no1. The van der Waals surface area contributed by atoms with Gasteiger partial charge in [-0.05, 0) is 25.8 Å². The van der Waals surface area contributed by atoms with Crippen molar-refractivity contribution in [3.63, 3.8) is 0 Å². The number of nitrogens with zero attached hydrogens (tertiary/aromatic N) is 4. The van der Waals surface area contributed by atoms with Gasteiger partial charge in [-0.15, -0.1) is 0 Å². The van der Waals surface area contributed by atoms with Gasteiger partial charge in [0.25, 0.3) is 0 Å². The van der Waals surface area contributed by atoms with Crippen LogP contribution in [0.3, 0.4) is 0 Å². The number of rotatable bonds is 3. The number of likely N-dealkylation sites (tertiary alicyclic amines) is 2. The lowest BCUT2D eigenvalue weighted by Gasteiger charge is -2.27. The Morgan fingerprint density at radius 3 is 2.68 bits per heavy atom. The van der Waals surface area contributed by atoms with E-state index >= 15 is 0 Å². The van der Waals surface area contributed by atoms with Crippen LogP contribution in [0.15, 0.2) is 4.52 Å². The average molecular weight is 318 g/mol. The van der Waals surface area contributed by atoms with Gasteiger partial charge in [0.1, 0.15) is 6.54 Å². The maximum absolute atomic E-state index is 12.5. The summed E-state index contributed by atoms with van der Waals surface area (Å²) in [5.74, 6) is 0.500. The Morgan fingerprint density at radius 2 is 2.05 bits per heavy atom. The van der Waals surface area contributed by atoms with Crippen LogP contribution in [-0.2, 0) is 4.79 Å². The summed E-state index contributed by atoms with van der Waals surface area (Å²) in [5, 5.41) is 3.89. The zero-order valence-corrected chi connectivity index (χ0v) is 12.1. The summed E-state index contributed by atoms with van der Waals surface area (Å²) in [6.45, 7) is 1.30. The molecule has 6 nitrogen and oxygen atoms in total. The number of amides is 1. The van der Waals surface area contributed by atoms with Gasteiger partial charge < -0.3 is 9.42 Å². The predicted molar refractivity (Wildman–Crippen MR) is 68.8 cm³/mol. The van der Waals surface area contributed by atoms with Crippen LogP contribution in [0, 0.1) is 6.92 Å². The fourth-order valence-corrected chi connectivity index (χ4v) is 3.29. The van der Waals surface area contributed by atoms with Gasteiger partial charge in [0.05, 0.1) is 12.1 Å². The van der Waals surface area contributed by atoms with E-state index in [0.29, 0.717) is 24.7 Å². The van der Waals surface area contributed by atoms with Crippen LogP contribution in [0.25, 0.3) is 0 Å². The summed E-state index contributed by atoms with van der Waals surface area (Å²) in [6, 6.07) is -0.675. The molecule has 2 fully saturated rings. The first-order valence-corrected chi connectivity index (χ1v) is 7.26. The van der Waals surface area contributed by atoms with Gasteiger partial charge in [0, 0.05) is 13.5 Å². The second kappa shape index (κ2) is 5.53. The minimum absolute atomic E-state index is 0.136. The number of hydrogen-bond donors (Lipinski definition) is 0. The van der Waals surface area contributed by atoms with Crippen LogP contribution < -0.4 is 0 Å². The molecule has 2 aliphatic heterocycles. The normalized spacial score (nSPS) is 27.1. The molecule has 0 N–H and O–H groups in total. The van der Waals surface area contributed by atoms with Crippen LogP contribution in [0.2, 0.25) is 0 Å². The first-order chi connectivity index (χ1) is 10.3. The molecule has 0 radical (unpaired) electrons. The summed E-state index contributed by atoms with van der Waals surface area (Å²) in [4.78, 5) is 19.3.